The number of carbonyl (C=O) groups is 1. The average Bonchev–Trinajstić information content (AvgIpc) is 2.73. The van der Waals surface area contributed by atoms with Gasteiger partial charge < -0.3 is 10.6 Å². The van der Waals surface area contributed by atoms with Crippen LogP contribution in [0.1, 0.15) is 37.7 Å². The molecule has 0 saturated heterocycles. The zero-order valence-corrected chi connectivity index (χ0v) is 11.2. The normalized spacial score (nSPS) is 16.6. The molecule has 0 unspecified atom stereocenters. The third-order valence-corrected chi connectivity index (χ3v) is 3.34. The summed E-state index contributed by atoms with van der Waals surface area (Å²) in [6.07, 6.45) is 4.53. The third kappa shape index (κ3) is 2.39. The molecule has 0 fully saturated rings. The largest absolute Gasteiger partial charge is 0.396 e. The van der Waals surface area contributed by atoms with E-state index in [0.29, 0.717) is 17.9 Å². The molecule has 1 aliphatic rings. The highest BCUT2D eigenvalue weighted by molar-refractivity contribution is 5.97. The molecule has 0 radical (unpaired) electrons. The van der Waals surface area contributed by atoms with Crippen molar-refractivity contribution in [1.29, 1.82) is 0 Å². The monoisotopic (exact) mass is 248 g/mol. The molecule has 5 heteroatoms. The first kappa shape index (κ1) is 12.7. The van der Waals surface area contributed by atoms with E-state index in [9.17, 15) is 4.79 Å². The van der Waals surface area contributed by atoms with E-state index in [2.05, 4.69) is 37.0 Å². The summed E-state index contributed by atoms with van der Waals surface area (Å²) in [7, 11) is 0. The fourth-order valence-corrected chi connectivity index (χ4v) is 2.16. The Hall–Kier alpha value is -1.78. The van der Waals surface area contributed by atoms with Gasteiger partial charge >= 0.3 is 0 Å². The maximum absolute atomic E-state index is 12.2. The van der Waals surface area contributed by atoms with Crippen molar-refractivity contribution in [2.24, 2.45) is 5.41 Å². The summed E-state index contributed by atoms with van der Waals surface area (Å²) in [5.74, 6) is -0.0748. The smallest absolute Gasteiger partial charge is 0.274 e. The number of aromatic amines is 1. The Bertz CT molecular complexity index is 481. The van der Waals surface area contributed by atoms with Gasteiger partial charge in [0.15, 0.2) is 0 Å². The van der Waals surface area contributed by atoms with Crippen LogP contribution in [0.25, 0.3) is 0 Å². The van der Waals surface area contributed by atoms with Gasteiger partial charge in [0.05, 0.1) is 11.9 Å². The fraction of sp³-hybridized carbons (Fsp3) is 0.538. The number of carbonyl (C=O) groups excluding carboxylic acids is 1. The van der Waals surface area contributed by atoms with E-state index in [4.69, 9.17) is 5.73 Å². The van der Waals surface area contributed by atoms with Crippen molar-refractivity contribution in [3.05, 3.63) is 23.5 Å². The second kappa shape index (κ2) is 4.48. The van der Waals surface area contributed by atoms with E-state index in [0.717, 1.165) is 13.0 Å². The molecule has 2 heterocycles. The van der Waals surface area contributed by atoms with Gasteiger partial charge in [0, 0.05) is 13.1 Å². The molecule has 1 aromatic rings. The van der Waals surface area contributed by atoms with Gasteiger partial charge in [-0.25, -0.2) is 0 Å². The number of H-pyrrole nitrogens is 1. The molecule has 18 heavy (non-hydrogen) atoms. The molecule has 0 aromatic carbocycles. The lowest BCUT2D eigenvalue weighted by molar-refractivity contribution is 0.0760. The molecule has 1 aliphatic heterocycles. The van der Waals surface area contributed by atoms with Gasteiger partial charge in [0.2, 0.25) is 0 Å². The van der Waals surface area contributed by atoms with E-state index in [1.807, 2.05) is 0 Å². The van der Waals surface area contributed by atoms with Gasteiger partial charge in [-0.15, -0.1) is 0 Å². The molecule has 0 saturated carbocycles. The van der Waals surface area contributed by atoms with Crippen molar-refractivity contribution >= 4 is 11.6 Å². The Labute approximate surface area is 107 Å². The molecule has 98 valence electrons. The van der Waals surface area contributed by atoms with Gasteiger partial charge in [-0.1, -0.05) is 32.4 Å². The molecular weight excluding hydrogens is 228 g/mol. The van der Waals surface area contributed by atoms with Crippen molar-refractivity contribution < 1.29 is 4.79 Å². The van der Waals surface area contributed by atoms with Crippen LogP contribution in [0.5, 0.6) is 0 Å². The van der Waals surface area contributed by atoms with Crippen LogP contribution in [0.15, 0.2) is 17.8 Å². The van der Waals surface area contributed by atoms with E-state index in [-0.39, 0.29) is 11.3 Å². The Morgan fingerprint density at radius 2 is 2.22 bits per heavy atom. The minimum absolute atomic E-state index is 0.0748. The highest BCUT2D eigenvalue weighted by Crippen LogP contribution is 2.30. The van der Waals surface area contributed by atoms with Crippen molar-refractivity contribution in [2.45, 2.75) is 27.2 Å². The van der Waals surface area contributed by atoms with Crippen LogP contribution < -0.4 is 5.73 Å². The van der Waals surface area contributed by atoms with Crippen molar-refractivity contribution in [2.75, 3.05) is 18.8 Å². The topological polar surface area (TPSA) is 75.0 Å². The predicted octanol–water partition coefficient (Wildman–Crippen LogP) is 1.81. The molecule has 5 nitrogen and oxygen atoms in total. The zero-order valence-electron chi connectivity index (χ0n) is 11.2. The molecule has 3 N–H and O–H groups in total. The lowest BCUT2D eigenvalue weighted by Gasteiger charge is -2.32. The van der Waals surface area contributed by atoms with Gasteiger partial charge in [-0.3, -0.25) is 9.89 Å². The van der Waals surface area contributed by atoms with Crippen molar-refractivity contribution in [3.63, 3.8) is 0 Å². The van der Waals surface area contributed by atoms with Gasteiger partial charge in [-0.2, -0.15) is 5.10 Å². The number of rotatable bonds is 1. The average molecular weight is 248 g/mol. The third-order valence-electron chi connectivity index (χ3n) is 3.34. The first-order chi connectivity index (χ1) is 8.39. The highest BCUT2D eigenvalue weighted by atomic mass is 16.2. The number of nitrogens with zero attached hydrogens (tertiary/aromatic N) is 2. The fourth-order valence-electron chi connectivity index (χ4n) is 2.16. The number of hydrogen-bond acceptors (Lipinski definition) is 3. The molecule has 2 rings (SSSR count). The minimum atomic E-state index is -0.0748. The number of amides is 1. The number of nitrogens with one attached hydrogen (secondary N) is 1. The lowest BCUT2D eigenvalue weighted by atomic mass is 9.83. The van der Waals surface area contributed by atoms with Crippen LogP contribution in [-0.2, 0) is 0 Å². The van der Waals surface area contributed by atoms with E-state index >= 15 is 0 Å². The molecule has 0 aliphatic carbocycles. The van der Waals surface area contributed by atoms with E-state index in [1.54, 1.807) is 4.90 Å². The lowest BCUT2D eigenvalue weighted by Crippen LogP contribution is -2.36. The maximum atomic E-state index is 12.2. The van der Waals surface area contributed by atoms with Crippen LogP contribution in [0.3, 0.4) is 0 Å². The Morgan fingerprint density at radius 3 is 2.67 bits per heavy atom. The first-order valence-corrected chi connectivity index (χ1v) is 6.17. The SMILES string of the molecule is CC(C)(C)C1=CCN(C(=O)c2[nH]ncc2N)CC1. The summed E-state index contributed by atoms with van der Waals surface area (Å²) >= 11 is 0. The van der Waals surface area contributed by atoms with Crippen LogP contribution in [0, 0.1) is 5.41 Å². The Kier molecular flexibility index (Phi) is 3.15. The Morgan fingerprint density at radius 1 is 1.50 bits per heavy atom. The second-order valence-corrected chi connectivity index (χ2v) is 5.68. The second-order valence-electron chi connectivity index (χ2n) is 5.68. The van der Waals surface area contributed by atoms with E-state index < -0.39 is 0 Å². The predicted molar refractivity (Wildman–Crippen MR) is 71.1 cm³/mol. The summed E-state index contributed by atoms with van der Waals surface area (Å²) in [6, 6.07) is 0. The summed E-state index contributed by atoms with van der Waals surface area (Å²) in [6.45, 7) is 7.97. The van der Waals surface area contributed by atoms with Gasteiger partial charge in [-0.05, 0) is 11.8 Å². The molecular formula is C13H20N4O. The number of nitrogens with two attached hydrogens (primary N) is 1. The van der Waals surface area contributed by atoms with Crippen LogP contribution >= 0.6 is 0 Å². The molecule has 1 amide bonds. The highest BCUT2D eigenvalue weighted by Gasteiger charge is 2.25. The first-order valence-electron chi connectivity index (χ1n) is 6.17. The van der Waals surface area contributed by atoms with Gasteiger partial charge in [0.1, 0.15) is 5.69 Å². The number of aromatic nitrogens is 2. The van der Waals surface area contributed by atoms with Crippen LogP contribution in [-0.4, -0.2) is 34.1 Å². The van der Waals surface area contributed by atoms with Crippen LogP contribution in [0.4, 0.5) is 5.69 Å². The van der Waals surface area contributed by atoms with Gasteiger partial charge in [0.25, 0.3) is 5.91 Å². The van der Waals surface area contributed by atoms with Crippen LogP contribution in [0.2, 0.25) is 0 Å². The van der Waals surface area contributed by atoms with E-state index in [1.165, 1.54) is 11.8 Å². The molecule has 0 bridgehead atoms. The number of anilines is 1. The van der Waals surface area contributed by atoms with Crippen molar-refractivity contribution in [3.8, 4) is 0 Å². The number of hydrogen-bond donors (Lipinski definition) is 2. The molecule has 0 atom stereocenters. The summed E-state index contributed by atoms with van der Waals surface area (Å²) < 4.78 is 0. The Balaban J connectivity index is 2.09. The van der Waals surface area contributed by atoms with Crippen molar-refractivity contribution in [1.82, 2.24) is 15.1 Å². The summed E-state index contributed by atoms with van der Waals surface area (Å²) in [4.78, 5) is 14.0. The number of nitrogen functional groups attached to an aromatic ring is 1. The minimum Gasteiger partial charge on any atom is -0.396 e. The molecule has 1 aromatic heterocycles. The summed E-state index contributed by atoms with van der Waals surface area (Å²) in [5, 5.41) is 6.44. The quantitative estimate of drug-likeness (QED) is 0.744. The standard InChI is InChI=1S/C13H20N4O/c1-13(2,3)9-4-6-17(7-5-9)12(18)11-10(14)8-15-16-11/h4,8H,5-7,14H2,1-3H3,(H,15,16). The zero-order chi connectivity index (χ0) is 13.3. The molecule has 0 spiro atoms. The maximum Gasteiger partial charge on any atom is 0.274 e. The summed E-state index contributed by atoms with van der Waals surface area (Å²) in [5.41, 5.74) is 8.08.